The molecular formula is C19H14Cl2N2O3. The van der Waals surface area contributed by atoms with Crippen LogP contribution in [-0.4, -0.2) is 20.6 Å². The minimum Gasteiger partial charge on any atom is -0.478 e. The molecule has 132 valence electrons. The summed E-state index contributed by atoms with van der Waals surface area (Å²) >= 11 is 12.2. The summed E-state index contributed by atoms with van der Waals surface area (Å²) in [6.07, 6.45) is 3.21. The van der Waals surface area contributed by atoms with E-state index in [1.165, 1.54) is 12.1 Å². The predicted molar refractivity (Wildman–Crippen MR) is 104 cm³/mol. The second kappa shape index (κ2) is 7.32. The highest BCUT2D eigenvalue weighted by molar-refractivity contribution is 6.42. The molecule has 0 saturated carbocycles. The van der Waals surface area contributed by atoms with Gasteiger partial charge in [-0.05, 0) is 42.8 Å². The first-order valence-corrected chi connectivity index (χ1v) is 8.58. The number of benzene rings is 2. The van der Waals surface area contributed by atoms with E-state index in [4.69, 9.17) is 28.3 Å². The summed E-state index contributed by atoms with van der Waals surface area (Å²) in [7, 11) is 0. The zero-order valence-electron chi connectivity index (χ0n) is 13.7. The molecule has 3 rings (SSSR count). The van der Waals surface area contributed by atoms with E-state index in [1.54, 1.807) is 41.0 Å². The van der Waals surface area contributed by atoms with E-state index in [0.717, 1.165) is 0 Å². The molecule has 1 aromatic heterocycles. The Morgan fingerprint density at radius 1 is 1.23 bits per heavy atom. The minimum atomic E-state index is -1.05. The molecule has 3 aromatic rings. The Bertz CT molecular complexity index is 1100. The normalized spacial score (nSPS) is 11.3. The van der Waals surface area contributed by atoms with Gasteiger partial charge in [0.25, 0.3) is 5.56 Å². The van der Waals surface area contributed by atoms with Crippen LogP contribution in [0.15, 0.2) is 41.2 Å². The van der Waals surface area contributed by atoms with E-state index in [9.17, 15) is 9.59 Å². The van der Waals surface area contributed by atoms with Crippen molar-refractivity contribution in [3.63, 3.8) is 0 Å². The Labute approximate surface area is 159 Å². The summed E-state index contributed by atoms with van der Waals surface area (Å²) in [4.78, 5) is 28.2. The molecule has 0 fully saturated rings. The fourth-order valence-corrected chi connectivity index (χ4v) is 3.01. The van der Waals surface area contributed by atoms with Crippen LogP contribution in [0.5, 0.6) is 0 Å². The summed E-state index contributed by atoms with van der Waals surface area (Å²) in [6, 6.07) is 9.70. The second-order valence-corrected chi connectivity index (χ2v) is 6.32. The lowest BCUT2D eigenvalue weighted by atomic mass is 10.1. The van der Waals surface area contributed by atoms with E-state index in [1.807, 2.05) is 6.92 Å². The number of carbonyl (C=O) groups is 1. The number of aromatic nitrogens is 2. The van der Waals surface area contributed by atoms with Crippen molar-refractivity contribution < 1.29 is 9.90 Å². The predicted octanol–water partition coefficient (Wildman–Crippen LogP) is 4.59. The van der Waals surface area contributed by atoms with Crippen LogP contribution >= 0.6 is 23.2 Å². The maximum absolute atomic E-state index is 12.7. The number of rotatable bonds is 4. The van der Waals surface area contributed by atoms with E-state index in [-0.39, 0.29) is 16.8 Å². The first kappa shape index (κ1) is 18.2. The smallest absolute Gasteiger partial charge is 0.335 e. The fraction of sp³-hybridized carbons (Fsp3) is 0.105. The minimum absolute atomic E-state index is 0.110. The van der Waals surface area contributed by atoms with Crippen LogP contribution < -0.4 is 5.56 Å². The zero-order valence-corrected chi connectivity index (χ0v) is 15.3. The van der Waals surface area contributed by atoms with Gasteiger partial charge in [-0.1, -0.05) is 41.4 Å². The van der Waals surface area contributed by atoms with Crippen LogP contribution in [0.1, 0.15) is 28.5 Å². The lowest BCUT2D eigenvalue weighted by Gasteiger charge is -2.09. The molecule has 5 nitrogen and oxygen atoms in total. The average molecular weight is 389 g/mol. The summed E-state index contributed by atoms with van der Waals surface area (Å²) in [6.45, 7) is 2.27. The van der Waals surface area contributed by atoms with Crippen LogP contribution in [0.25, 0.3) is 23.2 Å². The summed E-state index contributed by atoms with van der Waals surface area (Å²) < 4.78 is 1.55. The quantitative estimate of drug-likeness (QED) is 0.708. The van der Waals surface area contributed by atoms with E-state index < -0.39 is 5.97 Å². The molecule has 26 heavy (non-hydrogen) atoms. The van der Waals surface area contributed by atoms with Crippen molar-refractivity contribution in [3.05, 3.63) is 73.6 Å². The highest BCUT2D eigenvalue weighted by atomic mass is 35.5. The monoisotopic (exact) mass is 388 g/mol. The van der Waals surface area contributed by atoms with Gasteiger partial charge in [0, 0.05) is 6.54 Å². The third-order valence-corrected chi connectivity index (χ3v) is 4.77. The molecule has 0 atom stereocenters. The molecule has 0 spiro atoms. The number of aryl methyl sites for hydroxylation is 1. The topological polar surface area (TPSA) is 72.2 Å². The number of carboxylic acids is 1. The molecule has 7 heteroatoms. The summed E-state index contributed by atoms with van der Waals surface area (Å²) in [5.41, 5.74) is 1.71. The number of halogens is 2. The average Bonchev–Trinajstić information content (AvgIpc) is 2.62. The molecule has 0 aliphatic heterocycles. The number of nitrogens with zero attached hydrogens (tertiary/aromatic N) is 2. The van der Waals surface area contributed by atoms with Gasteiger partial charge < -0.3 is 9.67 Å². The molecule has 1 heterocycles. The van der Waals surface area contributed by atoms with Crippen molar-refractivity contribution in [2.24, 2.45) is 0 Å². The standard InChI is InChI=1S/C19H14Cl2N2O3/c1-2-23-16-9-7-12(19(25)26)10-15(16)22-14(18(23)24)8-6-11-4-3-5-13(20)17(11)21/h3-10H,2H2,1H3,(H,25,26)/b8-6+. The Kier molecular flexibility index (Phi) is 5.11. The third-order valence-electron chi connectivity index (χ3n) is 3.94. The van der Waals surface area contributed by atoms with Crippen molar-refractivity contribution in [3.8, 4) is 0 Å². The van der Waals surface area contributed by atoms with Gasteiger partial charge in [0.2, 0.25) is 0 Å². The molecular weight excluding hydrogens is 375 g/mol. The number of fused-ring (bicyclic) bond motifs is 1. The van der Waals surface area contributed by atoms with Gasteiger partial charge in [-0.3, -0.25) is 4.79 Å². The van der Waals surface area contributed by atoms with Gasteiger partial charge in [-0.2, -0.15) is 0 Å². The Balaban J connectivity index is 2.17. The molecule has 0 radical (unpaired) electrons. The van der Waals surface area contributed by atoms with Crippen LogP contribution in [0.2, 0.25) is 10.0 Å². The molecule has 0 aliphatic rings. The van der Waals surface area contributed by atoms with Crippen LogP contribution in [0.3, 0.4) is 0 Å². The van der Waals surface area contributed by atoms with E-state index in [2.05, 4.69) is 4.98 Å². The van der Waals surface area contributed by atoms with E-state index >= 15 is 0 Å². The van der Waals surface area contributed by atoms with Crippen molar-refractivity contribution in [2.45, 2.75) is 13.5 Å². The van der Waals surface area contributed by atoms with Crippen molar-refractivity contribution in [1.29, 1.82) is 0 Å². The first-order chi connectivity index (χ1) is 12.4. The van der Waals surface area contributed by atoms with Crippen LogP contribution in [0.4, 0.5) is 0 Å². The highest BCUT2D eigenvalue weighted by Gasteiger charge is 2.11. The van der Waals surface area contributed by atoms with Gasteiger partial charge in [-0.15, -0.1) is 0 Å². The Hall–Kier alpha value is -2.63. The molecule has 0 saturated heterocycles. The maximum Gasteiger partial charge on any atom is 0.335 e. The molecule has 0 aliphatic carbocycles. The SMILES string of the molecule is CCn1c(=O)c(/C=C/c2cccc(Cl)c2Cl)nc2cc(C(=O)O)ccc21. The van der Waals surface area contributed by atoms with E-state index in [0.29, 0.717) is 33.2 Å². The molecule has 2 aromatic carbocycles. The lowest BCUT2D eigenvalue weighted by molar-refractivity contribution is 0.0697. The van der Waals surface area contributed by atoms with Crippen molar-refractivity contribution >= 4 is 52.4 Å². The number of aromatic carboxylic acids is 1. The lowest BCUT2D eigenvalue weighted by Crippen LogP contribution is -2.23. The Morgan fingerprint density at radius 2 is 2.00 bits per heavy atom. The number of hydrogen-bond acceptors (Lipinski definition) is 3. The number of carboxylic acid groups (broad SMARTS) is 1. The fourth-order valence-electron chi connectivity index (χ4n) is 2.64. The third kappa shape index (κ3) is 3.36. The van der Waals surface area contributed by atoms with Crippen LogP contribution in [-0.2, 0) is 6.54 Å². The number of hydrogen-bond donors (Lipinski definition) is 1. The highest BCUT2D eigenvalue weighted by Crippen LogP contribution is 2.26. The van der Waals surface area contributed by atoms with Gasteiger partial charge >= 0.3 is 5.97 Å². The van der Waals surface area contributed by atoms with Gasteiger partial charge in [-0.25, -0.2) is 9.78 Å². The summed E-state index contributed by atoms with van der Waals surface area (Å²) in [5, 5.41) is 9.96. The molecule has 0 unspecified atom stereocenters. The largest absolute Gasteiger partial charge is 0.478 e. The van der Waals surface area contributed by atoms with Gasteiger partial charge in [0.15, 0.2) is 0 Å². The zero-order chi connectivity index (χ0) is 18.8. The maximum atomic E-state index is 12.7. The van der Waals surface area contributed by atoms with Gasteiger partial charge in [0.05, 0.1) is 26.6 Å². The summed E-state index contributed by atoms with van der Waals surface area (Å²) in [5.74, 6) is -1.05. The Morgan fingerprint density at radius 3 is 2.69 bits per heavy atom. The molecule has 0 amide bonds. The first-order valence-electron chi connectivity index (χ1n) is 7.82. The van der Waals surface area contributed by atoms with Crippen LogP contribution in [0, 0.1) is 0 Å². The van der Waals surface area contributed by atoms with Crippen molar-refractivity contribution in [1.82, 2.24) is 9.55 Å². The second-order valence-electron chi connectivity index (χ2n) is 5.53. The molecule has 1 N–H and O–H groups in total. The molecule has 0 bridgehead atoms. The van der Waals surface area contributed by atoms with Crippen molar-refractivity contribution in [2.75, 3.05) is 0 Å². The van der Waals surface area contributed by atoms with Gasteiger partial charge in [0.1, 0.15) is 5.69 Å².